The van der Waals surface area contributed by atoms with Crippen molar-refractivity contribution in [1.82, 2.24) is 10.2 Å². The van der Waals surface area contributed by atoms with Gasteiger partial charge in [0.15, 0.2) is 11.5 Å². The SMILES string of the molecule is COc1cc2c(cc1OC)CC1(CCCCN1CCCC(CCCNC(C)=O)(c1ccccc1)c1ccccc1)CC2. The molecule has 1 aliphatic carbocycles. The van der Waals surface area contributed by atoms with Crippen molar-refractivity contribution in [3.8, 4) is 11.5 Å². The Hall–Kier alpha value is -3.31. The Labute approximate surface area is 252 Å². The lowest BCUT2D eigenvalue weighted by molar-refractivity contribution is -0.118. The highest BCUT2D eigenvalue weighted by atomic mass is 16.5. The molecule has 1 saturated heterocycles. The van der Waals surface area contributed by atoms with Gasteiger partial charge in [0, 0.05) is 24.4 Å². The van der Waals surface area contributed by atoms with Gasteiger partial charge in [-0.1, -0.05) is 67.1 Å². The van der Waals surface area contributed by atoms with Crippen LogP contribution in [0.4, 0.5) is 0 Å². The Balaban J connectivity index is 1.38. The van der Waals surface area contributed by atoms with Gasteiger partial charge in [0.25, 0.3) is 0 Å². The zero-order chi connectivity index (χ0) is 29.4. The molecule has 0 saturated carbocycles. The van der Waals surface area contributed by atoms with Crippen molar-refractivity contribution in [3.05, 3.63) is 95.1 Å². The van der Waals surface area contributed by atoms with Gasteiger partial charge in [-0.3, -0.25) is 9.69 Å². The zero-order valence-electron chi connectivity index (χ0n) is 25.8. The molecule has 1 amide bonds. The summed E-state index contributed by atoms with van der Waals surface area (Å²) in [5, 5.41) is 3.03. The molecule has 1 fully saturated rings. The second kappa shape index (κ2) is 13.8. The van der Waals surface area contributed by atoms with Gasteiger partial charge in [0.1, 0.15) is 0 Å². The van der Waals surface area contributed by atoms with Crippen molar-refractivity contribution in [2.75, 3.05) is 33.9 Å². The first-order chi connectivity index (χ1) is 20.5. The molecule has 42 heavy (non-hydrogen) atoms. The molecule has 224 valence electrons. The summed E-state index contributed by atoms with van der Waals surface area (Å²) in [5.74, 6) is 1.72. The van der Waals surface area contributed by atoms with E-state index >= 15 is 0 Å². The van der Waals surface area contributed by atoms with Crippen molar-refractivity contribution in [3.63, 3.8) is 0 Å². The van der Waals surface area contributed by atoms with Crippen LogP contribution in [0.5, 0.6) is 11.5 Å². The molecule has 1 unspecified atom stereocenters. The van der Waals surface area contributed by atoms with E-state index in [9.17, 15) is 4.79 Å². The summed E-state index contributed by atoms with van der Waals surface area (Å²) in [5.41, 5.74) is 5.72. The van der Waals surface area contributed by atoms with Crippen LogP contribution in [-0.2, 0) is 23.1 Å². The molecular formula is C37H48N2O3. The van der Waals surface area contributed by atoms with E-state index in [1.807, 2.05) is 0 Å². The molecule has 3 aromatic rings. The number of benzene rings is 3. The molecule has 5 heteroatoms. The predicted molar refractivity (Wildman–Crippen MR) is 171 cm³/mol. The Morgan fingerprint density at radius 3 is 2.10 bits per heavy atom. The highest BCUT2D eigenvalue weighted by Gasteiger charge is 2.42. The number of aryl methyl sites for hydroxylation is 1. The number of likely N-dealkylation sites (tertiary alicyclic amines) is 1. The summed E-state index contributed by atoms with van der Waals surface area (Å²) >= 11 is 0. The van der Waals surface area contributed by atoms with Crippen molar-refractivity contribution in [1.29, 1.82) is 0 Å². The van der Waals surface area contributed by atoms with Gasteiger partial charge in [-0.15, -0.1) is 0 Å². The molecule has 0 bridgehead atoms. The fourth-order valence-electron chi connectivity index (χ4n) is 7.76. The lowest BCUT2D eigenvalue weighted by atomic mass is 9.68. The average molecular weight is 569 g/mol. The van der Waals surface area contributed by atoms with E-state index in [4.69, 9.17) is 9.47 Å². The van der Waals surface area contributed by atoms with E-state index in [1.165, 1.54) is 54.5 Å². The third kappa shape index (κ3) is 6.52. The number of methoxy groups -OCH3 is 2. The normalized spacial score (nSPS) is 18.8. The minimum absolute atomic E-state index is 0.0422. The summed E-state index contributed by atoms with van der Waals surface area (Å²) in [4.78, 5) is 14.5. The summed E-state index contributed by atoms with van der Waals surface area (Å²) < 4.78 is 11.3. The maximum atomic E-state index is 11.6. The van der Waals surface area contributed by atoms with Gasteiger partial charge < -0.3 is 14.8 Å². The van der Waals surface area contributed by atoms with Crippen LogP contribution in [0.2, 0.25) is 0 Å². The number of nitrogens with zero attached hydrogens (tertiary/aromatic N) is 1. The van der Waals surface area contributed by atoms with Crippen molar-refractivity contribution in [2.45, 2.75) is 82.1 Å². The number of nitrogens with one attached hydrogen (secondary N) is 1. The molecule has 0 aromatic heterocycles. The first-order valence-corrected chi connectivity index (χ1v) is 15.8. The van der Waals surface area contributed by atoms with E-state index in [2.05, 4.69) is 83.0 Å². The molecular weight excluding hydrogens is 520 g/mol. The topological polar surface area (TPSA) is 50.8 Å². The van der Waals surface area contributed by atoms with Crippen molar-refractivity contribution >= 4 is 5.91 Å². The number of fused-ring (bicyclic) bond motifs is 1. The van der Waals surface area contributed by atoms with Gasteiger partial charge in [-0.05, 0) is 105 Å². The van der Waals surface area contributed by atoms with E-state index in [1.54, 1.807) is 21.1 Å². The van der Waals surface area contributed by atoms with Gasteiger partial charge in [0.2, 0.25) is 5.91 Å². The number of hydrogen-bond acceptors (Lipinski definition) is 4. The molecule has 1 N–H and O–H groups in total. The standard InChI is InChI=1S/C37H48N2O3/c1-29(40)38-23-12-20-37(32-14-6-4-7-15-32,33-16-8-5-9-17-33)21-13-25-39-24-11-10-19-36(39)22-18-30-26-34(41-2)35(42-3)27-31(30)28-36/h4-9,14-17,26-27H,10-13,18-25,28H2,1-3H3,(H,38,40). The predicted octanol–water partition coefficient (Wildman–Crippen LogP) is 7.10. The molecule has 3 aromatic carbocycles. The lowest BCUT2D eigenvalue weighted by Gasteiger charge is -2.50. The molecule has 0 radical (unpaired) electrons. The Kier molecular flexibility index (Phi) is 9.89. The Morgan fingerprint density at radius 2 is 1.48 bits per heavy atom. The minimum Gasteiger partial charge on any atom is -0.493 e. The number of ether oxygens (including phenoxy) is 2. The maximum absolute atomic E-state index is 11.6. The van der Waals surface area contributed by atoms with Gasteiger partial charge in [-0.25, -0.2) is 0 Å². The number of hydrogen-bond donors (Lipinski definition) is 1. The number of piperidine rings is 1. The number of carbonyl (C=O) groups excluding carboxylic acids is 1. The highest BCUT2D eigenvalue weighted by molar-refractivity contribution is 5.72. The smallest absolute Gasteiger partial charge is 0.216 e. The Bertz CT molecular complexity index is 1270. The maximum Gasteiger partial charge on any atom is 0.216 e. The van der Waals surface area contributed by atoms with Crippen LogP contribution in [0.15, 0.2) is 72.8 Å². The largest absolute Gasteiger partial charge is 0.493 e. The first kappa shape index (κ1) is 30.2. The van der Waals surface area contributed by atoms with Crippen molar-refractivity contribution in [2.24, 2.45) is 0 Å². The number of amides is 1. The summed E-state index contributed by atoms with van der Waals surface area (Å²) in [7, 11) is 3.46. The van der Waals surface area contributed by atoms with Crippen molar-refractivity contribution < 1.29 is 14.3 Å². The van der Waals surface area contributed by atoms with E-state index in [-0.39, 0.29) is 16.9 Å². The second-order valence-electron chi connectivity index (χ2n) is 12.3. The van der Waals surface area contributed by atoms with Crippen LogP contribution in [0.3, 0.4) is 0 Å². The third-order valence-corrected chi connectivity index (χ3v) is 9.91. The molecule has 1 heterocycles. The number of rotatable bonds is 12. The van der Waals surface area contributed by atoms with Crippen LogP contribution < -0.4 is 14.8 Å². The van der Waals surface area contributed by atoms with Crippen LogP contribution in [-0.4, -0.2) is 50.2 Å². The third-order valence-electron chi connectivity index (χ3n) is 9.91. The van der Waals surface area contributed by atoms with E-state index < -0.39 is 0 Å². The second-order valence-corrected chi connectivity index (χ2v) is 12.3. The lowest BCUT2D eigenvalue weighted by Crippen LogP contribution is -2.55. The average Bonchev–Trinajstić information content (AvgIpc) is 3.03. The summed E-state index contributed by atoms with van der Waals surface area (Å²) in [6, 6.07) is 26.5. The monoisotopic (exact) mass is 568 g/mol. The summed E-state index contributed by atoms with van der Waals surface area (Å²) in [6.07, 6.45) is 11.4. The fraction of sp³-hybridized carbons (Fsp3) is 0.486. The van der Waals surface area contributed by atoms with Crippen LogP contribution in [0.1, 0.15) is 80.5 Å². The summed E-state index contributed by atoms with van der Waals surface area (Å²) in [6.45, 7) is 4.59. The van der Waals surface area contributed by atoms with Gasteiger partial charge in [-0.2, -0.15) is 0 Å². The van der Waals surface area contributed by atoms with E-state index in [0.29, 0.717) is 6.54 Å². The minimum atomic E-state index is -0.0903. The molecule has 1 aliphatic heterocycles. The van der Waals surface area contributed by atoms with Crippen LogP contribution in [0.25, 0.3) is 0 Å². The van der Waals surface area contributed by atoms with Crippen LogP contribution in [0, 0.1) is 0 Å². The molecule has 2 aliphatic rings. The number of carbonyl (C=O) groups is 1. The molecule has 1 atom stereocenters. The fourth-order valence-corrected chi connectivity index (χ4v) is 7.76. The molecule has 1 spiro atoms. The zero-order valence-corrected chi connectivity index (χ0v) is 25.8. The highest BCUT2D eigenvalue weighted by Crippen LogP contribution is 2.45. The van der Waals surface area contributed by atoms with Gasteiger partial charge >= 0.3 is 0 Å². The van der Waals surface area contributed by atoms with E-state index in [0.717, 1.165) is 56.6 Å². The molecule has 5 nitrogen and oxygen atoms in total. The quantitative estimate of drug-likeness (QED) is 0.237. The van der Waals surface area contributed by atoms with Gasteiger partial charge in [0.05, 0.1) is 14.2 Å². The Morgan fingerprint density at radius 1 is 0.857 bits per heavy atom. The first-order valence-electron chi connectivity index (χ1n) is 15.8. The van der Waals surface area contributed by atoms with Crippen LogP contribution >= 0.6 is 0 Å². The molecule has 5 rings (SSSR count).